The van der Waals surface area contributed by atoms with E-state index in [1.807, 2.05) is 6.92 Å². The van der Waals surface area contributed by atoms with Gasteiger partial charge in [-0.2, -0.15) is 5.10 Å². The molecule has 0 radical (unpaired) electrons. The van der Waals surface area contributed by atoms with Crippen LogP contribution in [-0.4, -0.2) is 35.0 Å². The molecule has 1 unspecified atom stereocenters. The Kier molecular flexibility index (Phi) is 5.67. The quantitative estimate of drug-likeness (QED) is 0.853. The Labute approximate surface area is 128 Å². The lowest BCUT2D eigenvalue weighted by Gasteiger charge is -2.21. The molecule has 1 atom stereocenters. The Morgan fingerprint density at radius 3 is 2.95 bits per heavy atom. The summed E-state index contributed by atoms with van der Waals surface area (Å²) in [5.41, 5.74) is 1.22. The number of pyridine rings is 1. The summed E-state index contributed by atoms with van der Waals surface area (Å²) < 4.78 is 20.9. The molecule has 5 nitrogen and oxygen atoms in total. The van der Waals surface area contributed by atoms with E-state index in [-0.39, 0.29) is 11.9 Å². The van der Waals surface area contributed by atoms with Crippen LogP contribution >= 0.6 is 11.6 Å². The Hall–Kier alpha value is -1.50. The maximum absolute atomic E-state index is 14.1. The predicted octanol–water partition coefficient (Wildman–Crippen LogP) is 2.42. The molecule has 0 amide bonds. The van der Waals surface area contributed by atoms with E-state index in [1.165, 1.54) is 6.20 Å². The standard InChI is InChI=1S/C14H18ClFN4O/c1-3-18-13(10-4-5-17-9-12(10)16)14-11(15)8-19-20(14)6-7-21-2/h4-5,8-9,13,18H,3,6-7H2,1-2H3. The minimum atomic E-state index is -0.384. The van der Waals surface area contributed by atoms with Gasteiger partial charge in [0.15, 0.2) is 0 Å². The summed E-state index contributed by atoms with van der Waals surface area (Å²) in [6.45, 7) is 3.67. The summed E-state index contributed by atoms with van der Waals surface area (Å²) in [6.07, 6.45) is 4.33. The summed E-state index contributed by atoms with van der Waals surface area (Å²) in [5.74, 6) is -0.376. The van der Waals surface area contributed by atoms with Crippen LogP contribution in [0.4, 0.5) is 4.39 Å². The number of halogens is 2. The molecule has 0 spiro atoms. The van der Waals surface area contributed by atoms with Gasteiger partial charge in [-0.25, -0.2) is 4.39 Å². The minimum Gasteiger partial charge on any atom is -0.383 e. The summed E-state index contributed by atoms with van der Waals surface area (Å²) >= 11 is 6.25. The molecule has 0 fully saturated rings. The SMILES string of the molecule is CCNC(c1ccncc1F)c1c(Cl)cnn1CCOC. The number of rotatable bonds is 7. The number of methoxy groups -OCH3 is 1. The number of aromatic nitrogens is 3. The van der Waals surface area contributed by atoms with Crippen molar-refractivity contribution in [1.82, 2.24) is 20.1 Å². The van der Waals surface area contributed by atoms with Gasteiger partial charge in [0.25, 0.3) is 0 Å². The van der Waals surface area contributed by atoms with E-state index in [4.69, 9.17) is 16.3 Å². The molecule has 0 aliphatic rings. The molecule has 2 aromatic heterocycles. The van der Waals surface area contributed by atoms with Crippen molar-refractivity contribution in [2.24, 2.45) is 0 Å². The zero-order chi connectivity index (χ0) is 15.2. The van der Waals surface area contributed by atoms with Gasteiger partial charge in [0, 0.05) is 18.9 Å². The maximum atomic E-state index is 14.1. The van der Waals surface area contributed by atoms with Gasteiger partial charge in [0.2, 0.25) is 0 Å². The fourth-order valence-electron chi connectivity index (χ4n) is 2.19. The zero-order valence-corrected chi connectivity index (χ0v) is 12.8. The van der Waals surface area contributed by atoms with Crippen LogP contribution in [0, 0.1) is 5.82 Å². The first-order valence-electron chi connectivity index (χ1n) is 6.72. The summed E-state index contributed by atoms with van der Waals surface area (Å²) in [5, 5.41) is 7.98. The van der Waals surface area contributed by atoms with E-state index in [0.29, 0.717) is 30.3 Å². The second kappa shape index (κ2) is 7.49. The lowest BCUT2D eigenvalue weighted by molar-refractivity contribution is 0.182. The van der Waals surface area contributed by atoms with E-state index < -0.39 is 0 Å². The van der Waals surface area contributed by atoms with Crippen LogP contribution in [0.5, 0.6) is 0 Å². The maximum Gasteiger partial charge on any atom is 0.146 e. The second-order valence-electron chi connectivity index (χ2n) is 4.48. The normalized spacial score (nSPS) is 12.6. The average molecular weight is 313 g/mol. The van der Waals surface area contributed by atoms with Crippen molar-refractivity contribution in [2.75, 3.05) is 20.3 Å². The lowest BCUT2D eigenvalue weighted by Crippen LogP contribution is -2.26. The third kappa shape index (κ3) is 3.58. The fourth-order valence-corrected chi connectivity index (χ4v) is 2.44. The van der Waals surface area contributed by atoms with Gasteiger partial charge >= 0.3 is 0 Å². The molecule has 0 saturated carbocycles. The molecule has 114 valence electrons. The van der Waals surface area contributed by atoms with Gasteiger partial charge < -0.3 is 10.1 Å². The molecule has 21 heavy (non-hydrogen) atoms. The van der Waals surface area contributed by atoms with Crippen molar-refractivity contribution in [2.45, 2.75) is 19.5 Å². The Morgan fingerprint density at radius 2 is 2.29 bits per heavy atom. The molecule has 2 rings (SSSR count). The molecule has 0 aliphatic heterocycles. The average Bonchev–Trinajstić information content (AvgIpc) is 2.84. The van der Waals surface area contributed by atoms with Gasteiger partial charge in [-0.15, -0.1) is 0 Å². The number of hydrogen-bond donors (Lipinski definition) is 1. The number of nitrogens with zero attached hydrogens (tertiary/aromatic N) is 3. The topological polar surface area (TPSA) is 52.0 Å². The summed E-state index contributed by atoms with van der Waals surface area (Å²) in [7, 11) is 1.62. The van der Waals surface area contributed by atoms with Gasteiger partial charge in [0.05, 0.1) is 42.3 Å². The van der Waals surface area contributed by atoms with Crippen molar-refractivity contribution in [3.8, 4) is 0 Å². The molecule has 7 heteroatoms. The van der Waals surface area contributed by atoms with Gasteiger partial charge in [-0.1, -0.05) is 18.5 Å². The van der Waals surface area contributed by atoms with E-state index in [9.17, 15) is 4.39 Å². The minimum absolute atomic E-state index is 0.376. The molecule has 0 aliphatic carbocycles. The van der Waals surface area contributed by atoms with Crippen LogP contribution in [0.1, 0.15) is 24.2 Å². The highest BCUT2D eigenvalue weighted by atomic mass is 35.5. The molecule has 0 saturated heterocycles. The highest BCUT2D eigenvalue weighted by molar-refractivity contribution is 6.31. The number of nitrogens with one attached hydrogen (secondary N) is 1. The van der Waals surface area contributed by atoms with Crippen LogP contribution in [0.15, 0.2) is 24.7 Å². The Balaban J connectivity index is 2.43. The molecule has 1 N–H and O–H groups in total. The van der Waals surface area contributed by atoms with Gasteiger partial charge in [-0.3, -0.25) is 9.67 Å². The van der Waals surface area contributed by atoms with Crippen LogP contribution in [0.25, 0.3) is 0 Å². The number of hydrogen-bond acceptors (Lipinski definition) is 4. The lowest BCUT2D eigenvalue weighted by atomic mass is 10.0. The monoisotopic (exact) mass is 312 g/mol. The third-order valence-electron chi connectivity index (χ3n) is 3.14. The van der Waals surface area contributed by atoms with Gasteiger partial charge in [-0.05, 0) is 12.6 Å². The third-order valence-corrected chi connectivity index (χ3v) is 3.43. The van der Waals surface area contributed by atoms with E-state index >= 15 is 0 Å². The summed E-state index contributed by atoms with van der Waals surface area (Å²) in [6, 6.07) is 1.26. The van der Waals surface area contributed by atoms with E-state index in [2.05, 4.69) is 15.4 Å². The zero-order valence-electron chi connectivity index (χ0n) is 12.0. The van der Waals surface area contributed by atoms with Crippen LogP contribution in [0.3, 0.4) is 0 Å². The highest BCUT2D eigenvalue weighted by Gasteiger charge is 2.24. The van der Waals surface area contributed by atoms with Crippen LogP contribution < -0.4 is 5.32 Å². The van der Waals surface area contributed by atoms with Crippen molar-refractivity contribution >= 4 is 11.6 Å². The number of ether oxygens (including phenoxy) is 1. The molecule has 2 aromatic rings. The molecule has 0 aromatic carbocycles. The van der Waals surface area contributed by atoms with Crippen molar-refractivity contribution in [1.29, 1.82) is 0 Å². The molecular weight excluding hydrogens is 295 g/mol. The van der Waals surface area contributed by atoms with Crippen LogP contribution in [0.2, 0.25) is 5.02 Å². The highest BCUT2D eigenvalue weighted by Crippen LogP contribution is 2.29. The Bertz CT molecular complexity index is 590. The molecule has 2 heterocycles. The first-order chi connectivity index (χ1) is 10.2. The molecule has 0 bridgehead atoms. The van der Waals surface area contributed by atoms with Crippen molar-refractivity contribution < 1.29 is 9.13 Å². The van der Waals surface area contributed by atoms with Crippen molar-refractivity contribution in [3.63, 3.8) is 0 Å². The van der Waals surface area contributed by atoms with Crippen LogP contribution in [-0.2, 0) is 11.3 Å². The largest absolute Gasteiger partial charge is 0.383 e. The Morgan fingerprint density at radius 1 is 1.48 bits per heavy atom. The summed E-state index contributed by atoms with van der Waals surface area (Å²) in [4.78, 5) is 3.79. The molecular formula is C14H18ClFN4O. The smallest absolute Gasteiger partial charge is 0.146 e. The first kappa shape index (κ1) is 15.9. The fraction of sp³-hybridized carbons (Fsp3) is 0.429. The second-order valence-corrected chi connectivity index (χ2v) is 4.89. The first-order valence-corrected chi connectivity index (χ1v) is 7.09. The van der Waals surface area contributed by atoms with Crippen molar-refractivity contribution in [3.05, 3.63) is 46.8 Å². The van der Waals surface area contributed by atoms with E-state index in [1.54, 1.807) is 30.3 Å². The van der Waals surface area contributed by atoms with Gasteiger partial charge in [0.1, 0.15) is 5.82 Å². The predicted molar refractivity (Wildman–Crippen MR) is 78.8 cm³/mol. The van der Waals surface area contributed by atoms with E-state index in [0.717, 1.165) is 5.69 Å².